The molecule has 1 aliphatic heterocycles. The molecule has 0 aromatic heterocycles. The second-order valence-corrected chi connectivity index (χ2v) is 5.11. The fourth-order valence-electron chi connectivity index (χ4n) is 2.17. The van der Waals surface area contributed by atoms with Gasteiger partial charge in [0.05, 0.1) is 0 Å². The summed E-state index contributed by atoms with van der Waals surface area (Å²) in [5, 5.41) is 3.66. The van der Waals surface area contributed by atoms with E-state index >= 15 is 0 Å². The zero-order valence-electron chi connectivity index (χ0n) is 10.6. The Labute approximate surface area is 94.8 Å². The molecule has 1 aliphatic rings. The topological polar surface area (TPSA) is 21.3 Å². The van der Waals surface area contributed by atoms with Crippen LogP contribution in [0.4, 0.5) is 0 Å². The Balaban J connectivity index is 2.07. The molecule has 0 saturated carbocycles. The highest BCUT2D eigenvalue weighted by molar-refractivity contribution is 4.70. The maximum Gasteiger partial charge on any atom is 0.0469 e. The summed E-state index contributed by atoms with van der Waals surface area (Å²) in [7, 11) is 0. The van der Waals surface area contributed by atoms with E-state index in [0.717, 1.165) is 25.0 Å². The minimum atomic E-state index is 0.669. The third kappa shape index (κ3) is 5.53. The van der Waals surface area contributed by atoms with Crippen LogP contribution < -0.4 is 5.32 Å². The lowest BCUT2D eigenvalue weighted by molar-refractivity contribution is 0.0654. The average Bonchev–Trinajstić information content (AvgIpc) is 2.27. The van der Waals surface area contributed by atoms with Gasteiger partial charge in [-0.05, 0) is 44.6 Å². The highest BCUT2D eigenvalue weighted by atomic mass is 16.5. The van der Waals surface area contributed by atoms with Gasteiger partial charge in [-0.3, -0.25) is 0 Å². The summed E-state index contributed by atoms with van der Waals surface area (Å²) in [6, 6.07) is 0.669. The van der Waals surface area contributed by atoms with Crippen molar-refractivity contribution in [1.82, 2.24) is 5.32 Å². The highest BCUT2D eigenvalue weighted by Gasteiger charge is 2.14. The van der Waals surface area contributed by atoms with Gasteiger partial charge >= 0.3 is 0 Å². The van der Waals surface area contributed by atoms with Crippen molar-refractivity contribution in [3.8, 4) is 0 Å². The summed E-state index contributed by atoms with van der Waals surface area (Å²) in [4.78, 5) is 0. The average molecular weight is 213 g/mol. The molecule has 15 heavy (non-hydrogen) atoms. The van der Waals surface area contributed by atoms with Crippen LogP contribution in [-0.2, 0) is 4.74 Å². The Morgan fingerprint density at radius 3 is 2.53 bits per heavy atom. The van der Waals surface area contributed by atoms with Crippen LogP contribution >= 0.6 is 0 Å². The molecule has 1 rings (SSSR count). The van der Waals surface area contributed by atoms with Gasteiger partial charge in [-0.15, -0.1) is 0 Å². The number of nitrogens with one attached hydrogen (secondary N) is 1. The van der Waals surface area contributed by atoms with Gasteiger partial charge in [0.1, 0.15) is 0 Å². The van der Waals surface area contributed by atoms with Crippen LogP contribution in [0.2, 0.25) is 0 Å². The van der Waals surface area contributed by atoms with Gasteiger partial charge in [0.25, 0.3) is 0 Å². The summed E-state index contributed by atoms with van der Waals surface area (Å²) in [5.41, 5.74) is 0. The monoisotopic (exact) mass is 213 g/mol. The molecule has 2 unspecified atom stereocenters. The SMILES string of the molecule is CCC(C)CC(C)NCC1CCOCC1. The number of hydrogen-bond acceptors (Lipinski definition) is 2. The van der Waals surface area contributed by atoms with Gasteiger partial charge in [-0.1, -0.05) is 20.3 Å². The maximum atomic E-state index is 5.36. The second kappa shape index (κ2) is 7.24. The number of hydrogen-bond donors (Lipinski definition) is 1. The van der Waals surface area contributed by atoms with Gasteiger partial charge in [-0.25, -0.2) is 0 Å². The lowest BCUT2D eigenvalue weighted by Gasteiger charge is -2.25. The van der Waals surface area contributed by atoms with Crippen LogP contribution in [0, 0.1) is 11.8 Å². The van der Waals surface area contributed by atoms with E-state index in [4.69, 9.17) is 4.74 Å². The van der Waals surface area contributed by atoms with Crippen LogP contribution in [0.3, 0.4) is 0 Å². The van der Waals surface area contributed by atoms with Crippen molar-refractivity contribution in [3.05, 3.63) is 0 Å². The van der Waals surface area contributed by atoms with Gasteiger partial charge in [0, 0.05) is 19.3 Å². The van der Waals surface area contributed by atoms with E-state index in [2.05, 4.69) is 26.1 Å². The van der Waals surface area contributed by atoms with Gasteiger partial charge in [-0.2, -0.15) is 0 Å². The fraction of sp³-hybridized carbons (Fsp3) is 1.00. The zero-order chi connectivity index (χ0) is 11.1. The lowest BCUT2D eigenvalue weighted by atomic mass is 9.97. The molecule has 2 atom stereocenters. The molecule has 1 N–H and O–H groups in total. The van der Waals surface area contributed by atoms with Crippen LogP contribution in [0.15, 0.2) is 0 Å². The first kappa shape index (κ1) is 13.0. The summed E-state index contributed by atoms with van der Waals surface area (Å²) in [6.07, 6.45) is 5.08. The van der Waals surface area contributed by atoms with Crippen molar-refractivity contribution in [2.45, 2.75) is 52.5 Å². The Bertz CT molecular complexity index is 155. The first-order valence-corrected chi connectivity index (χ1v) is 6.53. The van der Waals surface area contributed by atoms with E-state index in [9.17, 15) is 0 Å². The lowest BCUT2D eigenvalue weighted by Crippen LogP contribution is -2.34. The molecule has 1 heterocycles. The van der Waals surface area contributed by atoms with Gasteiger partial charge in [0.15, 0.2) is 0 Å². The molecule has 0 bridgehead atoms. The Kier molecular flexibility index (Phi) is 6.26. The molecule has 0 aromatic carbocycles. The molecule has 1 saturated heterocycles. The van der Waals surface area contributed by atoms with E-state index in [1.165, 1.54) is 32.2 Å². The predicted molar refractivity (Wildman–Crippen MR) is 65.1 cm³/mol. The smallest absolute Gasteiger partial charge is 0.0469 e. The van der Waals surface area contributed by atoms with Crippen LogP contribution in [0.1, 0.15) is 46.5 Å². The zero-order valence-corrected chi connectivity index (χ0v) is 10.6. The van der Waals surface area contributed by atoms with Crippen molar-refractivity contribution >= 4 is 0 Å². The molecular weight excluding hydrogens is 186 g/mol. The fourth-order valence-corrected chi connectivity index (χ4v) is 2.17. The third-order valence-corrected chi connectivity index (χ3v) is 3.55. The molecule has 0 spiro atoms. The molecule has 0 radical (unpaired) electrons. The van der Waals surface area contributed by atoms with Crippen molar-refractivity contribution in [2.24, 2.45) is 11.8 Å². The molecule has 90 valence electrons. The van der Waals surface area contributed by atoms with Crippen molar-refractivity contribution in [1.29, 1.82) is 0 Å². The van der Waals surface area contributed by atoms with Crippen molar-refractivity contribution in [3.63, 3.8) is 0 Å². The summed E-state index contributed by atoms with van der Waals surface area (Å²) in [6.45, 7) is 10.0. The van der Waals surface area contributed by atoms with E-state index in [0.29, 0.717) is 6.04 Å². The quantitative estimate of drug-likeness (QED) is 0.732. The van der Waals surface area contributed by atoms with Crippen LogP contribution in [0.25, 0.3) is 0 Å². The number of ether oxygens (including phenoxy) is 1. The summed E-state index contributed by atoms with van der Waals surface area (Å²) in [5.74, 6) is 1.69. The minimum absolute atomic E-state index is 0.669. The minimum Gasteiger partial charge on any atom is -0.381 e. The van der Waals surface area contributed by atoms with E-state index in [-0.39, 0.29) is 0 Å². The largest absolute Gasteiger partial charge is 0.381 e. The molecule has 0 amide bonds. The van der Waals surface area contributed by atoms with Crippen molar-refractivity contribution < 1.29 is 4.74 Å². The predicted octanol–water partition coefficient (Wildman–Crippen LogP) is 2.83. The Morgan fingerprint density at radius 1 is 1.27 bits per heavy atom. The molecular formula is C13H27NO. The highest BCUT2D eigenvalue weighted by Crippen LogP contribution is 2.14. The molecule has 1 fully saturated rings. The van der Waals surface area contributed by atoms with E-state index in [1.54, 1.807) is 0 Å². The Morgan fingerprint density at radius 2 is 1.93 bits per heavy atom. The number of rotatable bonds is 6. The molecule has 0 aliphatic carbocycles. The van der Waals surface area contributed by atoms with E-state index < -0.39 is 0 Å². The first-order chi connectivity index (χ1) is 7.22. The van der Waals surface area contributed by atoms with Crippen LogP contribution in [0.5, 0.6) is 0 Å². The molecule has 2 heteroatoms. The van der Waals surface area contributed by atoms with Crippen molar-refractivity contribution in [2.75, 3.05) is 19.8 Å². The molecule has 0 aromatic rings. The summed E-state index contributed by atoms with van der Waals surface area (Å²) >= 11 is 0. The Hall–Kier alpha value is -0.0800. The summed E-state index contributed by atoms with van der Waals surface area (Å²) < 4.78 is 5.36. The van der Waals surface area contributed by atoms with Gasteiger partial charge in [0.2, 0.25) is 0 Å². The maximum absolute atomic E-state index is 5.36. The normalized spacial score (nSPS) is 22.6. The van der Waals surface area contributed by atoms with Crippen LogP contribution in [-0.4, -0.2) is 25.8 Å². The van der Waals surface area contributed by atoms with E-state index in [1.807, 2.05) is 0 Å². The molecule has 2 nitrogen and oxygen atoms in total. The third-order valence-electron chi connectivity index (χ3n) is 3.55. The standard InChI is InChI=1S/C13H27NO/c1-4-11(2)9-12(3)14-10-13-5-7-15-8-6-13/h11-14H,4-10H2,1-3H3. The second-order valence-electron chi connectivity index (χ2n) is 5.11. The first-order valence-electron chi connectivity index (χ1n) is 6.53. The van der Waals surface area contributed by atoms with Gasteiger partial charge < -0.3 is 10.1 Å².